The Kier molecular flexibility index (Phi) is 9.81. The Hall–Kier alpha value is -3.60. The Morgan fingerprint density at radius 3 is 2.48 bits per heavy atom. The summed E-state index contributed by atoms with van der Waals surface area (Å²) in [5.41, 5.74) is 3.59. The van der Waals surface area contributed by atoms with Gasteiger partial charge in [-0.05, 0) is 64.1 Å². The maximum absolute atomic E-state index is 14.2. The number of amides is 2. The molecule has 2 aromatic carbocycles. The smallest absolute Gasteiger partial charge is 0.409 e. The van der Waals surface area contributed by atoms with E-state index in [-0.39, 0.29) is 34.8 Å². The molecule has 0 saturated carbocycles. The van der Waals surface area contributed by atoms with Gasteiger partial charge in [0.1, 0.15) is 6.61 Å². The number of nitrogens with one attached hydrogen (secondary N) is 1. The Balaban J connectivity index is 1.67. The Bertz CT molecular complexity index is 1420. The molecule has 2 amide bonds. The predicted octanol–water partition coefficient (Wildman–Crippen LogP) is 7.75. The van der Waals surface area contributed by atoms with Gasteiger partial charge in [-0.1, -0.05) is 57.2 Å². The molecule has 1 atom stereocenters. The third kappa shape index (κ3) is 7.42. The number of carbonyl (C=O) groups excluding carboxylic acids is 1. The van der Waals surface area contributed by atoms with Gasteiger partial charge in [0, 0.05) is 12.6 Å². The summed E-state index contributed by atoms with van der Waals surface area (Å²) >= 11 is 1.64. The molecule has 1 aliphatic rings. The zero-order valence-corrected chi connectivity index (χ0v) is 26.9. The van der Waals surface area contributed by atoms with Gasteiger partial charge in [0.2, 0.25) is 0 Å². The molecule has 4 rings (SSSR count). The number of ether oxygens (including phenoxy) is 2. The van der Waals surface area contributed by atoms with E-state index >= 15 is 0 Å². The monoisotopic (exact) mass is 608 g/mol. The first kappa shape index (κ1) is 31.3. The third-order valence-electron chi connectivity index (χ3n) is 8.04. The third-order valence-corrected chi connectivity index (χ3v) is 13.2. The zero-order chi connectivity index (χ0) is 30.5. The number of nitrogens with zero attached hydrogens (tertiary/aromatic N) is 1. The number of benzene rings is 2. The topological polar surface area (TPSA) is 97.3 Å². The predicted molar refractivity (Wildman–Crippen MR) is 170 cm³/mol. The summed E-state index contributed by atoms with van der Waals surface area (Å²) in [5.74, 6) is 0.361. The Labute approximate surface area is 253 Å². The van der Waals surface area contributed by atoms with Crippen molar-refractivity contribution < 1.29 is 28.6 Å². The summed E-state index contributed by atoms with van der Waals surface area (Å²) in [7, 11) is -0.599. The van der Waals surface area contributed by atoms with E-state index in [0.29, 0.717) is 31.1 Å². The Morgan fingerprint density at radius 2 is 1.86 bits per heavy atom. The average Bonchev–Trinajstić information content (AvgIpc) is 3.49. The number of rotatable bonds is 10. The molecule has 10 heteroatoms. The van der Waals surface area contributed by atoms with E-state index in [2.05, 4.69) is 56.7 Å². The molecule has 42 heavy (non-hydrogen) atoms. The lowest BCUT2D eigenvalue weighted by atomic mass is 9.95. The highest BCUT2D eigenvalue weighted by atomic mass is 32.1. The molecule has 224 valence electrons. The SMILES string of the molecule is COc1cc(C(=O)N2CC=C(c3ccsc3)C[C@H]2CO[Si](C)(C)C(C)(C)C)c(NC(=O)O)cc1OCc1ccccc1. The molecule has 0 fully saturated rings. The second kappa shape index (κ2) is 13.1. The molecule has 0 bridgehead atoms. The molecule has 1 aliphatic heterocycles. The van der Waals surface area contributed by atoms with Crippen LogP contribution < -0.4 is 14.8 Å². The fourth-order valence-corrected chi connectivity index (χ4v) is 6.25. The minimum Gasteiger partial charge on any atom is -0.493 e. The van der Waals surface area contributed by atoms with Crippen molar-refractivity contribution in [2.75, 3.05) is 25.6 Å². The standard InChI is InChI=1S/C32H40N2O6SSi/c1-32(2,3)42(5,6)40-20-25-16-23(24-13-15-41-21-24)12-14-34(25)30(35)26-17-28(38-4)29(18-27(26)33-31(36)37)39-19-22-10-8-7-9-11-22/h7-13,15,17-18,21,25,33H,14,16,19-20H2,1-6H3,(H,36,37)/t25-/m0/s1. The minimum atomic E-state index is -2.09. The van der Waals surface area contributed by atoms with Crippen LogP contribution in [0.4, 0.5) is 10.5 Å². The highest BCUT2D eigenvalue weighted by Gasteiger charge is 2.39. The summed E-state index contributed by atoms with van der Waals surface area (Å²) in [4.78, 5) is 27.8. The average molecular weight is 609 g/mol. The maximum atomic E-state index is 14.2. The number of carboxylic acid groups (broad SMARTS) is 1. The van der Waals surface area contributed by atoms with Gasteiger partial charge < -0.3 is 23.9 Å². The largest absolute Gasteiger partial charge is 0.493 e. The van der Waals surface area contributed by atoms with Crippen LogP contribution in [0.5, 0.6) is 11.5 Å². The van der Waals surface area contributed by atoms with Crippen LogP contribution in [0.25, 0.3) is 5.57 Å². The molecule has 2 N–H and O–H groups in total. The molecule has 0 saturated heterocycles. The summed E-state index contributed by atoms with van der Waals surface area (Å²) in [6, 6.07) is 14.5. The zero-order valence-electron chi connectivity index (χ0n) is 25.1. The van der Waals surface area contributed by atoms with Crippen molar-refractivity contribution in [2.45, 2.75) is 58.0 Å². The van der Waals surface area contributed by atoms with E-state index in [1.807, 2.05) is 35.7 Å². The van der Waals surface area contributed by atoms with Crippen LogP contribution in [0.2, 0.25) is 18.1 Å². The molecule has 0 unspecified atom stereocenters. The van der Waals surface area contributed by atoms with E-state index in [4.69, 9.17) is 13.9 Å². The number of anilines is 1. The van der Waals surface area contributed by atoms with Gasteiger partial charge in [0.05, 0.1) is 31.0 Å². The minimum absolute atomic E-state index is 0.0179. The van der Waals surface area contributed by atoms with E-state index in [0.717, 1.165) is 11.1 Å². The fraction of sp³-hybridized carbons (Fsp3) is 0.375. The number of hydrogen-bond donors (Lipinski definition) is 2. The van der Waals surface area contributed by atoms with E-state index < -0.39 is 14.4 Å². The normalized spacial score (nSPS) is 15.6. The van der Waals surface area contributed by atoms with Crippen molar-refractivity contribution in [3.8, 4) is 11.5 Å². The van der Waals surface area contributed by atoms with Crippen LogP contribution >= 0.6 is 11.3 Å². The fourth-order valence-electron chi connectivity index (χ4n) is 4.52. The molecule has 3 aromatic rings. The highest BCUT2D eigenvalue weighted by Crippen LogP contribution is 2.39. The summed E-state index contributed by atoms with van der Waals surface area (Å²) in [6.07, 6.45) is 1.43. The van der Waals surface area contributed by atoms with Crippen LogP contribution in [0.3, 0.4) is 0 Å². The quantitative estimate of drug-likeness (QED) is 0.229. The molecule has 0 aliphatic carbocycles. The first-order chi connectivity index (χ1) is 19.9. The molecule has 0 spiro atoms. The maximum Gasteiger partial charge on any atom is 0.409 e. The van der Waals surface area contributed by atoms with Crippen LogP contribution in [0, 0.1) is 0 Å². The number of hydrogen-bond acceptors (Lipinski definition) is 6. The van der Waals surface area contributed by atoms with Crippen LogP contribution in [-0.2, 0) is 11.0 Å². The molecule has 8 nitrogen and oxygen atoms in total. The lowest BCUT2D eigenvalue weighted by Gasteiger charge is -2.41. The molecule has 1 aromatic heterocycles. The van der Waals surface area contributed by atoms with E-state index in [1.54, 1.807) is 22.3 Å². The van der Waals surface area contributed by atoms with E-state index in [1.165, 1.54) is 18.7 Å². The number of carbonyl (C=O) groups is 2. The molecule has 2 heterocycles. The van der Waals surface area contributed by atoms with Crippen LogP contribution in [0.15, 0.2) is 65.4 Å². The van der Waals surface area contributed by atoms with Crippen molar-refractivity contribution in [3.63, 3.8) is 0 Å². The first-order valence-corrected chi connectivity index (χ1v) is 17.8. The van der Waals surface area contributed by atoms with Gasteiger partial charge in [0.25, 0.3) is 5.91 Å². The summed E-state index contributed by atoms with van der Waals surface area (Å²) in [5, 5.41) is 16.2. The highest BCUT2D eigenvalue weighted by molar-refractivity contribution is 7.08. The summed E-state index contributed by atoms with van der Waals surface area (Å²) in [6.45, 7) is 12.0. The number of thiophene rings is 1. The van der Waals surface area contributed by atoms with Crippen molar-refractivity contribution in [1.29, 1.82) is 0 Å². The van der Waals surface area contributed by atoms with Crippen molar-refractivity contribution in [1.82, 2.24) is 4.90 Å². The van der Waals surface area contributed by atoms with Gasteiger partial charge in [-0.25, -0.2) is 4.79 Å². The van der Waals surface area contributed by atoms with Crippen molar-refractivity contribution in [3.05, 3.63) is 82.1 Å². The van der Waals surface area contributed by atoms with Gasteiger partial charge in [0.15, 0.2) is 19.8 Å². The van der Waals surface area contributed by atoms with Gasteiger partial charge in [-0.15, -0.1) is 0 Å². The van der Waals surface area contributed by atoms with Gasteiger partial charge in [-0.2, -0.15) is 11.3 Å². The van der Waals surface area contributed by atoms with Crippen molar-refractivity contribution in [2.24, 2.45) is 0 Å². The van der Waals surface area contributed by atoms with E-state index in [9.17, 15) is 14.7 Å². The molecule has 0 radical (unpaired) electrons. The second-order valence-electron chi connectivity index (χ2n) is 11.9. The lowest BCUT2D eigenvalue weighted by Crippen LogP contribution is -2.49. The first-order valence-electron chi connectivity index (χ1n) is 13.9. The Morgan fingerprint density at radius 1 is 1.12 bits per heavy atom. The lowest BCUT2D eigenvalue weighted by molar-refractivity contribution is 0.0627. The number of methoxy groups -OCH3 is 1. The van der Waals surface area contributed by atoms with Crippen molar-refractivity contribution >= 4 is 42.9 Å². The second-order valence-corrected chi connectivity index (χ2v) is 17.5. The summed E-state index contributed by atoms with van der Waals surface area (Å²) < 4.78 is 18.2. The van der Waals surface area contributed by atoms with Crippen LogP contribution in [-0.4, -0.2) is 56.6 Å². The molecular formula is C32H40N2O6SSi. The van der Waals surface area contributed by atoms with Crippen LogP contribution in [0.1, 0.15) is 48.7 Å². The van der Waals surface area contributed by atoms with Gasteiger partial charge in [-0.3, -0.25) is 10.1 Å². The van der Waals surface area contributed by atoms with Gasteiger partial charge >= 0.3 is 6.09 Å². The molecular weight excluding hydrogens is 569 g/mol.